The summed E-state index contributed by atoms with van der Waals surface area (Å²) in [7, 11) is 0.378. The fraction of sp³-hybridized carbons (Fsp3) is 0.333. The van der Waals surface area contributed by atoms with E-state index in [4.69, 9.17) is 14.0 Å². The second-order valence-corrected chi connectivity index (χ2v) is 7.28. The topological polar surface area (TPSA) is 98.9 Å². The molecule has 0 saturated heterocycles. The highest BCUT2D eigenvalue weighted by Crippen LogP contribution is 2.27. The number of methoxy groups -OCH3 is 1. The summed E-state index contributed by atoms with van der Waals surface area (Å²) in [5, 5.41) is 3.69. The monoisotopic (exact) mass is 354 g/mol. The smallest absolute Gasteiger partial charge is 0.338 e. The van der Waals surface area contributed by atoms with Crippen LogP contribution in [0.3, 0.4) is 0 Å². The van der Waals surface area contributed by atoms with E-state index in [2.05, 4.69) is 5.16 Å². The van der Waals surface area contributed by atoms with Crippen LogP contribution in [0, 0.1) is 6.92 Å². The van der Waals surface area contributed by atoms with E-state index in [0.717, 1.165) is 4.31 Å². The van der Waals surface area contributed by atoms with E-state index < -0.39 is 16.0 Å². The maximum atomic E-state index is 12.3. The Hall–Kier alpha value is -2.39. The van der Waals surface area contributed by atoms with E-state index in [0.29, 0.717) is 11.5 Å². The lowest BCUT2D eigenvalue weighted by atomic mass is 10.2. The Morgan fingerprint density at radius 3 is 2.54 bits per heavy atom. The molecule has 0 fully saturated rings. The average Bonchev–Trinajstić information content (AvgIpc) is 2.97. The summed E-state index contributed by atoms with van der Waals surface area (Å²) in [5.74, 6) is -0.136. The van der Waals surface area contributed by atoms with Gasteiger partial charge in [0, 0.05) is 20.2 Å². The average molecular weight is 354 g/mol. The van der Waals surface area contributed by atoms with Crippen molar-refractivity contribution in [1.29, 1.82) is 0 Å². The standard InChI is InChI=1S/C15H18N2O6S/c1-10-7-12(23-16-10)9-22-15(18)11-5-6-13(21-4)14(8-11)24(19,20)17(2)3/h5-8H,9H2,1-4H3. The molecule has 1 aromatic carbocycles. The lowest BCUT2D eigenvalue weighted by molar-refractivity contribution is 0.0437. The molecule has 0 saturated carbocycles. The first-order valence-corrected chi connectivity index (χ1v) is 8.39. The number of esters is 1. The maximum Gasteiger partial charge on any atom is 0.338 e. The van der Waals surface area contributed by atoms with Crippen molar-refractivity contribution in [3.8, 4) is 5.75 Å². The number of carbonyl (C=O) groups is 1. The third-order valence-corrected chi connectivity index (χ3v) is 5.02. The molecule has 24 heavy (non-hydrogen) atoms. The zero-order valence-corrected chi connectivity index (χ0v) is 14.6. The van der Waals surface area contributed by atoms with E-state index in [9.17, 15) is 13.2 Å². The molecular weight excluding hydrogens is 336 g/mol. The number of rotatable bonds is 6. The van der Waals surface area contributed by atoms with Crippen molar-refractivity contribution < 1.29 is 27.2 Å². The van der Waals surface area contributed by atoms with Crippen LogP contribution in [0.1, 0.15) is 21.8 Å². The third kappa shape index (κ3) is 3.74. The molecular formula is C15H18N2O6S. The summed E-state index contributed by atoms with van der Waals surface area (Å²) in [6, 6.07) is 5.71. The molecule has 1 aromatic heterocycles. The highest BCUT2D eigenvalue weighted by atomic mass is 32.2. The summed E-state index contributed by atoms with van der Waals surface area (Å²) in [6.45, 7) is 1.65. The highest BCUT2D eigenvalue weighted by Gasteiger charge is 2.24. The largest absolute Gasteiger partial charge is 0.495 e. The van der Waals surface area contributed by atoms with Crippen LogP contribution in [0.25, 0.3) is 0 Å². The fourth-order valence-corrected chi connectivity index (χ4v) is 2.98. The van der Waals surface area contributed by atoms with Crippen LogP contribution >= 0.6 is 0 Å². The molecule has 0 aliphatic heterocycles. The molecule has 0 unspecified atom stereocenters. The van der Waals surface area contributed by atoms with E-state index in [1.54, 1.807) is 13.0 Å². The van der Waals surface area contributed by atoms with E-state index in [1.165, 1.54) is 39.4 Å². The quantitative estimate of drug-likeness (QED) is 0.727. The van der Waals surface area contributed by atoms with Gasteiger partial charge in [0.2, 0.25) is 10.0 Å². The van der Waals surface area contributed by atoms with Gasteiger partial charge in [0.1, 0.15) is 10.6 Å². The number of hydrogen-bond acceptors (Lipinski definition) is 7. The minimum Gasteiger partial charge on any atom is -0.495 e. The molecule has 0 aliphatic rings. The Kier molecular flexibility index (Phi) is 5.25. The summed E-state index contributed by atoms with van der Waals surface area (Å²) in [4.78, 5) is 12.0. The van der Waals surface area contributed by atoms with Gasteiger partial charge in [-0.25, -0.2) is 17.5 Å². The fourth-order valence-electron chi connectivity index (χ4n) is 1.91. The molecule has 9 heteroatoms. The van der Waals surface area contributed by atoms with E-state index in [1.807, 2.05) is 0 Å². The normalized spacial score (nSPS) is 11.5. The third-order valence-electron chi connectivity index (χ3n) is 3.18. The van der Waals surface area contributed by atoms with Crippen molar-refractivity contribution >= 4 is 16.0 Å². The Bertz CT molecular complexity index is 841. The molecule has 0 radical (unpaired) electrons. The molecule has 0 aliphatic carbocycles. The van der Waals surface area contributed by atoms with Gasteiger partial charge in [0.25, 0.3) is 0 Å². The molecule has 0 spiro atoms. The van der Waals surface area contributed by atoms with Gasteiger partial charge < -0.3 is 14.0 Å². The van der Waals surface area contributed by atoms with Crippen molar-refractivity contribution in [3.63, 3.8) is 0 Å². The number of ether oxygens (including phenoxy) is 2. The van der Waals surface area contributed by atoms with Gasteiger partial charge in [-0.2, -0.15) is 0 Å². The number of nitrogens with zero attached hydrogens (tertiary/aromatic N) is 2. The summed E-state index contributed by atoms with van der Waals surface area (Å²) in [6.07, 6.45) is 0. The van der Waals surface area contributed by atoms with Crippen LogP contribution < -0.4 is 4.74 Å². The van der Waals surface area contributed by atoms with Crippen molar-refractivity contribution in [2.75, 3.05) is 21.2 Å². The van der Waals surface area contributed by atoms with Gasteiger partial charge in [-0.15, -0.1) is 0 Å². The predicted octanol–water partition coefficient (Wildman–Crippen LogP) is 1.60. The zero-order valence-electron chi connectivity index (χ0n) is 13.8. The molecule has 1 heterocycles. The molecule has 2 aromatic rings. The Morgan fingerprint density at radius 2 is 2.00 bits per heavy atom. The molecule has 0 amide bonds. The van der Waals surface area contributed by atoms with E-state index in [-0.39, 0.29) is 22.8 Å². The van der Waals surface area contributed by atoms with Crippen molar-refractivity contribution in [1.82, 2.24) is 9.46 Å². The molecule has 0 bridgehead atoms. The lowest BCUT2D eigenvalue weighted by Crippen LogP contribution is -2.23. The summed E-state index contributed by atoms with van der Waals surface area (Å²) in [5.41, 5.74) is 0.761. The van der Waals surface area contributed by atoms with Gasteiger partial charge in [-0.3, -0.25) is 0 Å². The van der Waals surface area contributed by atoms with Gasteiger partial charge in [0.05, 0.1) is 18.4 Å². The van der Waals surface area contributed by atoms with Gasteiger partial charge >= 0.3 is 5.97 Å². The van der Waals surface area contributed by atoms with Crippen molar-refractivity contribution in [2.45, 2.75) is 18.4 Å². The van der Waals surface area contributed by atoms with Crippen LogP contribution in [0.5, 0.6) is 5.75 Å². The van der Waals surface area contributed by atoms with E-state index >= 15 is 0 Å². The molecule has 0 N–H and O–H groups in total. The van der Waals surface area contributed by atoms with Crippen molar-refractivity contribution in [3.05, 3.63) is 41.3 Å². The second kappa shape index (κ2) is 7.02. The summed E-state index contributed by atoms with van der Waals surface area (Å²) >= 11 is 0. The molecule has 8 nitrogen and oxygen atoms in total. The Balaban J connectivity index is 2.26. The van der Waals surface area contributed by atoms with Crippen LogP contribution in [0.2, 0.25) is 0 Å². The SMILES string of the molecule is COc1ccc(C(=O)OCc2cc(C)no2)cc1S(=O)(=O)N(C)C. The van der Waals surface area contributed by atoms with Crippen LogP contribution in [0.4, 0.5) is 0 Å². The minimum absolute atomic E-state index is 0.0902. The number of carbonyl (C=O) groups excluding carboxylic acids is 1. The van der Waals surface area contributed by atoms with Gasteiger partial charge in [-0.1, -0.05) is 5.16 Å². The number of aryl methyl sites for hydroxylation is 1. The second-order valence-electron chi connectivity index (χ2n) is 5.16. The number of aromatic nitrogens is 1. The minimum atomic E-state index is -3.77. The van der Waals surface area contributed by atoms with Crippen LogP contribution in [0.15, 0.2) is 33.7 Å². The van der Waals surface area contributed by atoms with Gasteiger partial charge in [0.15, 0.2) is 12.4 Å². The van der Waals surface area contributed by atoms with Crippen molar-refractivity contribution in [2.24, 2.45) is 0 Å². The molecule has 130 valence electrons. The maximum absolute atomic E-state index is 12.3. The first-order chi connectivity index (χ1) is 11.3. The number of hydrogen-bond donors (Lipinski definition) is 0. The predicted molar refractivity (Wildman–Crippen MR) is 84.2 cm³/mol. The van der Waals surface area contributed by atoms with Crippen LogP contribution in [-0.4, -0.2) is 45.1 Å². The Labute approximate surface area is 140 Å². The lowest BCUT2D eigenvalue weighted by Gasteiger charge is -2.15. The highest BCUT2D eigenvalue weighted by molar-refractivity contribution is 7.89. The zero-order chi connectivity index (χ0) is 17.9. The first kappa shape index (κ1) is 18.0. The Morgan fingerprint density at radius 1 is 1.29 bits per heavy atom. The van der Waals surface area contributed by atoms with Crippen LogP contribution in [-0.2, 0) is 21.4 Å². The number of sulfonamides is 1. The molecule has 0 atom stereocenters. The number of benzene rings is 1. The summed E-state index contributed by atoms with van der Waals surface area (Å²) < 4.78 is 40.8. The molecule has 2 rings (SSSR count). The van der Waals surface area contributed by atoms with Gasteiger partial charge in [-0.05, 0) is 25.1 Å². The first-order valence-electron chi connectivity index (χ1n) is 6.95.